The van der Waals surface area contributed by atoms with Crippen LogP contribution in [0.2, 0.25) is 5.02 Å². The minimum atomic E-state index is -4.59. The zero-order valence-corrected chi connectivity index (χ0v) is 11.5. The number of nitrogens with one attached hydrogen (secondary N) is 1. The number of carbonyl (C=O) groups excluding carboxylic acids is 1. The summed E-state index contributed by atoms with van der Waals surface area (Å²) in [4.78, 5) is 11.6. The molecule has 0 aliphatic rings. The number of carbonyl (C=O) groups is 1. The minimum absolute atomic E-state index is 0.0864. The number of hydrogen-bond acceptors (Lipinski definition) is 3. The highest BCUT2D eigenvalue weighted by atomic mass is 35.5. The number of ether oxygens (including phenoxy) is 2. The zero-order chi connectivity index (χ0) is 15.3. The van der Waals surface area contributed by atoms with Gasteiger partial charge >= 0.3 is 6.18 Å². The molecule has 0 unspecified atom stereocenters. The third-order valence-corrected chi connectivity index (χ3v) is 2.67. The van der Waals surface area contributed by atoms with Crippen molar-refractivity contribution in [1.29, 1.82) is 0 Å². The van der Waals surface area contributed by atoms with Crippen LogP contribution in [-0.2, 0) is 20.4 Å². The van der Waals surface area contributed by atoms with E-state index in [2.05, 4.69) is 5.32 Å². The van der Waals surface area contributed by atoms with Gasteiger partial charge in [-0.15, -0.1) is 0 Å². The minimum Gasteiger partial charge on any atom is -0.355 e. The van der Waals surface area contributed by atoms with Crippen LogP contribution in [0.3, 0.4) is 0 Å². The molecule has 0 spiro atoms. The summed E-state index contributed by atoms with van der Waals surface area (Å²) < 4.78 is 47.9. The Morgan fingerprint density at radius 3 is 2.45 bits per heavy atom. The molecule has 0 aliphatic carbocycles. The molecule has 0 atom stereocenters. The predicted octanol–water partition coefficient (Wildman–Crippen LogP) is 3.31. The van der Waals surface area contributed by atoms with Crippen molar-refractivity contribution < 1.29 is 27.4 Å². The molecule has 0 aromatic heterocycles. The van der Waals surface area contributed by atoms with E-state index in [1.165, 1.54) is 14.2 Å². The van der Waals surface area contributed by atoms with Gasteiger partial charge in [-0.25, -0.2) is 0 Å². The molecule has 1 amide bonds. The molecule has 1 rings (SSSR count). The first kappa shape index (κ1) is 16.7. The lowest BCUT2D eigenvalue weighted by Crippen LogP contribution is -2.24. The first-order chi connectivity index (χ1) is 9.27. The van der Waals surface area contributed by atoms with Crippen LogP contribution in [0.1, 0.15) is 12.0 Å². The van der Waals surface area contributed by atoms with Gasteiger partial charge in [0.15, 0.2) is 6.29 Å². The first-order valence-corrected chi connectivity index (χ1v) is 5.88. The van der Waals surface area contributed by atoms with E-state index in [0.29, 0.717) is 0 Å². The van der Waals surface area contributed by atoms with Crippen LogP contribution in [0, 0.1) is 0 Å². The fourth-order valence-electron chi connectivity index (χ4n) is 1.48. The number of amides is 1. The maximum Gasteiger partial charge on any atom is 0.418 e. The molecule has 0 saturated heterocycles. The molecule has 0 saturated carbocycles. The largest absolute Gasteiger partial charge is 0.418 e. The van der Waals surface area contributed by atoms with Gasteiger partial charge in [-0.1, -0.05) is 11.6 Å². The number of hydrogen-bond donors (Lipinski definition) is 1. The molecule has 8 heteroatoms. The molecule has 112 valence electrons. The highest BCUT2D eigenvalue weighted by Gasteiger charge is 2.34. The van der Waals surface area contributed by atoms with Crippen LogP contribution < -0.4 is 5.32 Å². The highest BCUT2D eigenvalue weighted by Crippen LogP contribution is 2.36. The van der Waals surface area contributed by atoms with Crippen molar-refractivity contribution in [3.8, 4) is 0 Å². The van der Waals surface area contributed by atoms with E-state index in [4.69, 9.17) is 21.1 Å². The Kier molecular flexibility index (Phi) is 5.79. The average molecular weight is 312 g/mol. The fourth-order valence-corrected chi connectivity index (χ4v) is 1.65. The van der Waals surface area contributed by atoms with Crippen molar-refractivity contribution >= 4 is 23.2 Å². The van der Waals surface area contributed by atoms with Crippen LogP contribution >= 0.6 is 11.6 Å². The van der Waals surface area contributed by atoms with E-state index in [9.17, 15) is 18.0 Å². The molecule has 1 aromatic rings. The van der Waals surface area contributed by atoms with Gasteiger partial charge in [0, 0.05) is 19.2 Å². The van der Waals surface area contributed by atoms with Crippen LogP contribution in [0.4, 0.5) is 18.9 Å². The van der Waals surface area contributed by atoms with Crippen molar-refractivity contribution in [3.63, 3.8) is 0 Å². The Labute approximate surface area is 118 Å². The maximum atomic E-state index is 12.8. The van der Waals surface area contributed by atoms with E-state index in [1.807, 2.05) is 0 Å². The third kappa shape index (κ3) is 4.66. The summed E-state index contributed by atoms with van der Waals surface area (Å²) in [5, 5.41) is 2.24. The zero-order valence-electron chi connectivity index (χ0n) is 10.8. The predicted molar refractivity (Wildman–Crippen MR) is 67.5 cm³/mol. The number of benzene rings is 1. The van der Waals surface area contributed by atoms with Crippen molar-refractivity contribution in [3.05, 3.63) is 28.8 Å². The Morgan fingerprint density at radius 2 is 1.95 bits per heavy atom. The average Bonchev–Trinajstić information content (AvgIpc) is 2.34. The molecule has 0 aliphatic heterocycles. The summed E-state index contributed by atoms with van der Waals surface area (Å²) in [6.45, 7) is 0. The van der Waals surface area contributed by atoms with Crippen molar-refractivity contribution in [1.82, 2.24) is 0 Å². The fraction of sp³-hybridized carbons (Fsp3) is 0.417. The second-order valence-corrected chi connectivity index (χ2v) is 4.28. The molecular weight excluding hydrogens is 299 g/mol. The van der Waals surface area contributed by atoms with Crippen LogP contribution in [0.25, 0.3) is 0 Å². The summed E-state index contributed by atoms with van der Waals surface area (Å²) in [5.74, 6) is -0.675. The molecule has 0 radical (unpaired) electrons. The second kappa shape index (κ2) is 6.92. The normalized spacial score (nSPS) is 11.8. The third-order valence-electron chi connectivity index (χ3n) is 2.44. The van der Waals surface area contributed by atoms with Gasteiger partial charge in [0.25, 0.3) is 0 Å². The Balaban J connectivity index is 2.91. The van der Waals surface area contributed by atoms with E-state index >= 15 is 0 Å². The van der Waals surface area contributed by atoms with E-state index in [0.717, 1.165) is 18.2 Å². The quantitative estimate of drug-likeness (QED) is 0.849. The van der Waals surface area contributed by atoms with Gasteiger partial charge in [0.2, 0.25) is 5.91 Å². The smallest absolute Gasteiger partial charge is 0.355 e. The second-order valence-electron chi connectivity index (χ2n) is 3.84. The number of halogens is 4. The van der Waals surface area contributed by atoms with Crippen LogP contribution in [-0.4, -0.2) is 26.4 Å². The maximum absolute atomic E-state index is 12.8. The lowest BCUT2D eigenvalue weighted by Gasteiger charge is -2.16. The van der Waals surface area contributed by atoms with Gasteiger partial charge in [-0.05, 0) is 18.2 Å². The number of rotatable bonds is 5. The molecular formula is C12H13ClF3NO3. The van der Waals surface area contributed by atoms with Crippen molar-refractivity contribution in [2.24, 2.45) is 0 Å². The lowest BCUT2D eigenvalue weighted by molar-refractivity contribution is -0.137. The van der Waals surface area contributed by atoms with E-state index < -0.39 is 29.6 Å². The standard InChI is InChI=1S/C12H13ClF3NO3/c1-19-11(20-2)6-10(18)17-9-5-7(13)3-4-8(9)12(14,15)16/h3-5,11H,6H2,1-2H3,(H,17,18). The summed E-state index contributed by atoms with van der Waals surface area (Å²) >= 11 is 5.64. The summed E-state index contributed by atoms with van der Waals surface area (Å²) in [7, 11) is 2.64. The monoisotopic (exact) mass is 311 g/mol. The van der Waals surface area contributed by atoms with Crippen molar-refractivity contribution in [2.75, 3.05) is 19.5 Å². The number of methoxy groups -OCH3 is 2. The summed E-state index contributed by atoms with van der Waals surface area (Å²) in [6.07, 6.45) is -5.66. The van der Waals surface area contributed by atoms with Gasteiger partial charge in [-0.3, -0.25) is 4.79 Å². The van der Waals surface area contributed by atoms with E-state index in [-0.39, 0.29) is 11.4 Å². The SMILES string of the molecule is COC(CC(=O)Nc1cc(Cl)ccc1C(F)(F)F)OC. The van der Waals surface area contributed by atoms with Crippen molar-refractivity contribution in [2.45, 2.75) is 18.9 Å². The summed E-state index contributed by atoms with van der Waals surface area (Å²) in [6, 6.07) is 2.95. The Bertz CT molecular complexity index is 476. The van der Waals surface area contributed by atoms with E-state index in [1.54, 1.807) is 0 Å². The molecule has 0 heterocycles. The van der Waals surface area contributed by atoms with Gasteiger partial charge in [0.1, 0.15) is 0 Å². The topological polar surface area (TPSA) is 47.6 Å². The van der Waals surface area contributed by atoms with Crippen LogP contribution in [0.15, 0.2) is 18.2 Å². The van der Waals surface area contributed by atoms with Crippen LogP contribution in [0.5, 0.6) is 0 Å². The molecule has 4 nitrogen and oxygen atoms in total. The molecule has 1 aromatic carbocycles. The number of alkyl halides is 3. The van der Waals surface area contributed by atoms with Gasteiger partial charge in [-0.2, -0.15) is 13.2 Å². The molecule has 0 fully saturated rings. The molecule has 0 bridgehead atoms. The lowest BCUT2D eigenvalue weighted by atomic mass is 10.1. The summed E-state index contributed by atoms with van der Waals surface area (Å²) in [5.41, 5.74) is -1.37. The Morgan fingerprint density at radius 1 is 1.35 bits per heavy atom. The van der Waals surface area contributed by atoms with Gasteiger partial charge < -0.3 is 14.8 Å². The Hall–Kier alpha value is -1.31. The highest BCUT2D eigenvalue weighted by molar-refractivity contribution is 6.31. The molecule has 20 heavy (non-hydrogen) atoms. The number of anilines is 1. The molecule has 1 N–H and O–H groups in total. The van der Waals surface area contributed by atoms with Gasteiger partial charge in [0.05, 0.1) is 17.7 Å². The first-order valence-electron chi connectivity index (χ1n) is 5.50.